The van der Waals surface area contributed by atoms with E-state index in [-0.39, 0.29) is 23.8 Å². The Kier molecular flexibility index (Phi) is 4.61. The SMILES string of the molecule is O=C(/C=C/c1ccc(F)cc1)OCc1cc(=O)oc2cc(O)ccc12. The lowest BCUT2D eigenvalue weighted by atomic mass is 10.1. The zero-order chi connectivity index (χ0) is 17.8. The second kappa shape index (κ2) is 7.00. The van der Waals surface area contributed by atoms with Gasteiger partial charge >= 0.3 is 11.6 Å². The fourth-order valence-electron chi connectivity index (χ4n) is 2.27. The molecule has 126 valence electrons. The number of phenolic OH excluding ortho intramolecular Hbond substituents is 1. The van der Waals surface area contributed by atoms with Crippen molar-refractivity contribution < 1.29 is 23.4 Å². The number of aromatic hydroxyl groups is 1. The van der Waals surface area contributed by atoms with Gasteiger partial charge in [0.05, 0.1) is 0 Å². The molecule has 1 N–H and O–H groups in total. The molecule has 3 rings (SSSR count). The molecule has 1 heterocycles. The molecule has 3 aromatic rings. The Morgan fingerprint density at radius 2 is 1.92 bits per heavy atom. The molecular weight excluding hydrogens is 327 g/mol. The molecule has 5 nitrogen and oxygen atoms in total. The third-order valence-electron chi connectivity index (χ3n) is 3.47. The minimum Gasteiger partial charge on any atom is -0.508 e. The molecule has 0 aliphatic carbocycles. The van der Waals surface area contributed by atoms with Crippen LogP contribution < -0.4 is 5.63 Å². The van der Waals surface area contributed by atoms with Gasteiger partial charge in [0.25, 0.3) is 0 Å². The number of hydrogen-bond acceptors (Lipinski definition) is 5. The molecule has 0 atom stereocenters. The minimum atomic E-state index is -0.607. The first kappa shape index (κ1) is 16.4. The first-order valence-corrected chi connectivity index (χ1v) is 7.37. The number of hydrogen-bond donors (Lipinski definition) is 1. The zero-order valence-corrected chi connectivity index (χ0v) is 12.9. The lowest BCUT2D eigenvalue weighted by Crippen LogP contribution is -2.05. The molecule has 0 bridgehead atoms. The zero-order valence-electron chi connectivity index (χ0n) is 12.9. The summed E-state index contributed by atoms with van der Waals surface area (Å²) in [5.41, 5.74) is 0.723. The van der Waals surface area contributed by atoms with Crippen molar-refractivity contribution in [3.8, 4) is 5.75 Å². The molecule has 0 fully saturated rings. The molecule has 0 spiro atoms. The van der Waals surface area contributed by atoms with Gasteiger partial charge in [0.2, 0.25) is 0 Å². The van der Waals surface area contributed by atoms with Gasteiger partial charge in [-0.15, -0.1) is 0 Å². The number of esters is 1. The number of phenols is 1. The molecule has 0 aliphatic rings. The quantitative estimate of drug-likeness (QED) is 0.447. The minimum absolute atomic E-state index is 0.0352. The van der Waals surface area contributed by atoms with Crippen molar-refractivity contribution in [3.05, 3.63) is 82.0 Å². The van der Waals surface area contributed by atoms with Gasteiger partial charge in [0.15, 0.2) is 0 Å². The third-order valence-corrected chi connectivity index (χ3v) is 3.47. The molecule has 0 aliphatic heterocycles. The first-order chi connectivity index (χ1) is 12.0. The van der Waals surface area contributed by atoms with Gasteiger partial charge in [-0.3, -0.25) is 0 Å². The second-order valence-corrected chi connectivity index (χ2v) is 5.26. The average Bonchev–Trinajstić information content (AvgIpc) is 2.58. The summed E-state index contributed by atoms with van der Waals surface area (Å²) in [7, 11) is 0. The van der Waals surface area contributed by atoms with E-state index in [2.05, 4.69) is 0 Å². The maximum absolute atomic E-state index is 12.8. The molecule has 2 aromatic carbocycles. The van der Waals surface area contributed by atoms with Crippen molar-refractivity contribution in [2.24, 2.45) is 0 Å². The molecule has 0 radical (unpaired) electrons. The topological polar surface area (TPSA) is 76.7 Å². The number of carbonyl (C=O) groups excluding carboxylic acids is 1. The van der Waals surface area contributed by atoms with Crippen LogP contribution in [-0.2, 0) is 16.1 Å². The van der Waals surface area contributed by atoms with Crippen molar-refractivity contribution in [3.63, 3.8) is 0 Å². The molecular formula is C19H13FO5. The number of rotatable bonds is 4. The van der Waals surface area contributed by atoms with Crippen LogP contribution in [0.3, 0.4) is 0 Å². The summed E-state index contributed by atoms with van der Waals surface area (Å²) in [5, 5.41) is 10.0. The highest BCUT2D eigenvalue weighted by Crippen LogP contribution is 2.22. The van der Waals surface area contributed by atoms with E-state index in [1.807, 2.05) is 0 Å². The Morgan fingerprint density at radius 3 is 2.68 bits per heavy atom. The fraction of sp³-hybridized carbons (Fsp3) is 0.0526. The van der Waals surface area contributed by atoms with Crippen LogP contribution >= 0.6 is 0 Å². The number of benzene rings is 2. The van der Waals surface area contributed by atoms with Gasteiger partial charge in [0, 0.05) is 29.2 Å². The predicted molar refractivity (Wildman–Crippen MR) is 89.4 cm³/mol. The highest BCUT2D eigenvalue weighted by atomic mass is 19.1. The summed E-state index contributed by atoms with van der Waals surface area (Å²) in [6.07, 6.45) is 2.71. The van der Waals surface area contributed by atoms with Crippen molar-refractivity contribution in [2.75, 3.05) is 0 Å². The van der Waals surface area contributed by atoms with Gasteiger partial charge in [-0.25, -0.2) is 14.0 Å². The van der Waals surface area contributed by atoms with Gasteiger partial charge in [0.1, 0.15) is 23.8 Å². The number of halogens is 1. The molecule has 6 heteroatoms. The monoisotopic (exact) mass is 340 g/mol. The summed E-state index contributed by atoms with van der Waals surface area (Å²) in [5.74, 6) is -1.00. The highest BCUT2D eigenvalue weighted by molar-refractivity contribution is 5.87. The van der Waals surface area contributed by atoms with Crippen molar-refractivity contribution >= 4 is 23.0 Å². The van der Waals surface area contributed by atoms with Gasteiger partial charge in [-0.2, -0.15) is 0 Å². The Balaban J connectivity index is 1.73. The van der Waals surface area contributed by atoms with Crippen LogP contribution in [0.5, 0.6) is 5.75 Å². The number of carbonyl (C=O) groups is 1. The normalized spacial score (nSPS) is 11.1. The van der Waals surface area contributed by atoms with E-state index in [9.17, 15) is 19.1 Å². The molecule has 0 saturated carbocycles. The van der Waals surface area contributed by atoms with E-state index in [1.165, 1.54) is 54.6 Å². The molecule has 0 amide bonds. The van der Waals surface area contributed by atoms with E-state index < -0.39 is 11.6 Å². The molecule has 0 unspecified atom stereocenters. The maximum Gasteiger partial charge on any atom is 0.336 e. The average molecular weight is 340 g/mol. The Hall–Kier alpha value is -3.41. The first-order valence-electron chi connectivity index (χ1n) is 7.37. The van der Waals surface area contributed by atoms with Crippen molar-refractivity contribution in [2.45, 2.75) is 6.61 Å². The van der Waals surface area contributed by atoms with E-state index >= 15 is 0 Å². The van der Waals surface area contributed by atoms with E-state index in [4.69, 9.17) is 9.15 Å². The third kappa shape index (κ3) is 4.11. The second-order valence-electron chi connectivity index (χ2n) is 5.26. The highest BCUT2D eigenvalue weighted by Gasteiger charge is 2.08. The van der Waals surface area contributed by atoms with Gasteiger partial charge < -0.3 is 14.3 Å². The summed E-state index contributed by atoms with van der Waals surface area (Å²) in [4.78, 5) is 23.4. The van der Waals surface area contributed by atoms with Crippen LogP contribution in [0.1, 0.15) is 11.1 Å². The summed E-state index contributed by atoms with van der Waals surface area (Å²) >= 11 is 0. The lowest BCUT2D eigenvalue weighted by Gasteiger charge is -2.06. The van der Waals surface area contributed by atoms with Crippen LogP contribution in [0.25, 0.3) is 17.0 Å². The van der Waals surface area contributed by atoms with Gasteiger partial charge in [-0.05, 0) is 35.9 Å². The Bertz CT molecular complexity index is 1000. The standard InChI is InChI=1S/C19H13FO5/c20-14-4-1-12(2-5-14)3-8-18(22)24-11-13-9-19(23)25-17-10-15(21)6-7-16(13)17/h1-10,21H,11H2/b8-3+. The van der Waals surface area contributed by atoms with Gasteiger partial charge in [-0.1, -0.05) is 12.1 Å². The summed E-state index contributed by atoms with van der Waals surface area (Å²) in [6, 6.07) is 11.2. The predicted octanol–water partition coefficient (Wildman–Crippen LogP) is 3.39. The van der Waals surface area contributed by atoms with E-state index in [1.54, 1.807) is 6.07 Å². The molecule has 25 heavy (non-hydrogen) atoms. The summed E-state index contributed by atoms with van der Waals surface area (Å²) in [6.45, 7) is -0.126. The van der Waals surface area contributed by atoms with Crippen LogP contribution in [0.2, 0.25) is 0 Å². The number of ether oxygens (including phenoxy) is 1. The molecule has 1 aromatic heterocycles. The maximum atomic E-state index is 12.8. The Labute approximate surface area is 141 Å². The largest absolute Gasteiger partial charge is 0.508 e. The van der Waals surface area contributed by atoms with Crippen molar-refractivity contribution in [1.29, 1.82) is 0 Å². The fourth-order valence-corrected chi connectivity index (χ4v) is 2.27. The van der Waals surface area contributed by atoms with Crippen LogP contribution in [0.15, 0.2) is 63.8 Å². The van der Waals surface area contributed by atoms with Crippen LogP contribution in [0, 0.1) is 5.82 Å². The molecule has 0 saturated heterocycles. The number of fused-ring (bicyclic) bond motifs is 1. The Morgan fingerprint density at radius 1 is 1.16 bits per heavy atom. The summed E-state index contributed by atoms with van der Waals surface area (Å²) < 4.78 is 22.9. The van der Waals surface area contributed by atoms with E-state index in [0.717, 1.165) is 0 Å². The smallest absolute Gasteiger partial charge is 0.336 e. The van der Waals surface area contributed by atoms with Crippen LogP contribution in [-0.4, -0.2) is 11.1 Å². The van der Waals surface area contributed by atoms with Crippen LogP contribution in [0.4, 0.5) is 4.39 Å². The van der Waals surface area contributed by atoms with Crippen molar-refractivity contribution in [1.82, 2.24) is 0 Å². The van der Waals surface area contributed by atoms with E-state index in [0.29, 0.717) is 16.5 Å². The lowest BCUT2D eigenvalue weighted by molar-refractivity contribution is -0.138.